The number of hydrogen-bond acceptors (Lipinski definition) is 4. The van der Waals surface area contributed by atoms with Crippen molar-refractivity contribution in [3.05, 3.63) is 58.7 Å². The molecule has 0 fully saturated rings. The topological polar surface area (TPSA) is 92.7 Å². The fraction of sp³-hybridized carbons (Fsp3) is 0.278. The first kappa shape index (κ1) is 20.1. The highest BCUT2D eigenvalue weighted by molar-refractivity contribution is 7.93. The predicted molar refractivity (Wildman–Crippen MR) is 105 cm³/mol. The lowest BCUT2D eigenvalue weighted by Crippen LogP contribution is -2.16. The molecule has 0 unspecified atom stereocenters. The highest BCUT2D eigenvalue weighted by Gasteiger charge is 2.20. The summed E-state index contributed by atoms with van der Waals surface area (Å²) in [7, 11) is -6.30. The number of aryl methyl sites for hydroxylation is 3. The van der Waals surface area contributed by atoms with E-state index in [0.29, 0.717) is 16.8 Å². The van der Waals surface area contributed by atoms with Crippen molar-refractivity contribution in [1.29, 1.82) is 0 Å². The smallest absolute Gasteiger partial charge is 0.280 e. The minimum atomic E-state index is -3.76. The van der Waals surface area contributed by atoms with Crippen LogP contribution < -0.4 is 4.72 Å². The number of anilines is 1. The second kappa shape index (κ2) is 7.20. The molecule has 6 nitrogen and oxygen atoms in total. The molecule has 0 radical (unpaired) electrons. The van der Waals surface area contributed by atoms with Gasteiger partial charge < -0.3 is 0 Å². The van der Waals surface area contributed by atoms with E-state index >= 15 is 0 Å². The lowest BCUT2D eigenvalue weighted by atomic mass is 10.1. The van der Waals surface area contributed by atoms with Gasteiger partial charge in [0.1, 0.15) is 0 Å². The summed E-state index contributed by atoms with van der Waals surface area (Å²) in [6, 6.07) is 9.49. The predicted octanol–water partition coefficient (Wildman–Crippen LogP) is 3.28. The summed E-state index contributed by atoms with van der Waals surface area (Å²) >= 11 is 0. The van der Waals surface area contributed by atoms with Gasteiger partial charge in [-0.05, 0) is 56.2 Å². The van der Waals surface area contributed by atoms with Gasteiger partial charge in [-0.25, -0.2) is 12.6 Å². The standard InChI is InChI=1S/C18H22N2O4S2/c1-12-10-13(2)17(14(3)11-12)26(23,24)19-16-8-6-15(7-9-16)18(21)20-25(4,5)22/h6-11,19H,1-5H3. The van der Waals surface area contributed by atoms with Crippen LogP contribution in [-0.4, -0.2) is 31.0 Å². The summed E-state index contributed by atoms with van der Waals surface area (Å²) in [4.78, 5) is 12.2. The number of sulfonamides is 1. The van der Waals surface area contributed by atoms with Crippen LogP contribution in [0.5, 0.6) is 0 Å². The van der Waals surface area contributed by atoms with Crippen LogP contribution in [0.25, 0.3) is 0 Å². The van der Waals surface area contributed by atoms with Crippen LogP contribution in [0.1, 0.15) is 27.0 Å². The first-order valence-corrected chi connectivity index (χ1v) is 11.6. The summed E-state index contributed by atoms with van der Waals surface area (Å²) in [5.41, 5.74) is 2.90. The van der Waals surface area contributed by atoms with Gasteiger partial charge in [-0.3, -0.25) is 9.52 Å². The molecule has 1 N–H and O–H groups in total. The molecule has 0 saturated carbocycles. The quantitative estimate of drug-likeness (QED) is 0.861. The van der Waals surface area contributed by atoms with Crippen LogP contribution in [0.4, 0.5) is 5.69 Å². The van der Waals surface area contributed by atoms with E-state index in [1.54, 1.807) is 13.8 Å². The molecule has 2 aromatic rings. The molecule has 8 heteroatoms. The Balaban J connectivity index is 2.32. The van der Waals surface area contributed by atoms with Crippen LogP contribution in [0.2, 0.25) is 0 Å². The Morgan fingerprint density at radius 3 is 1.88 bits per heavy atom. The highest BCUT2D eigenvalue weighted by atomic mass is 32.2. The molecule has 0 aliphatic rings. The van der Waals surface area contributed by atoms with Gasteiger partial charge in [0.15, 0.2) is 0 Å². The van der Waals surface area contributed by atoms with Gasteiger partial charge in [0.05, 0.1) is 4.90 Å². The molecule has 0 bridgehead atoms. The van der Waals surface area contributed by atoms with Crippen LogP contribution in [0, 0.1) is 20.8 Å². The van der Waals surface area contributed by atoms with E-state index in [1.807, 2.05) is 19.1 Å². The molecule has 140 valence electrons. The largest absolute Gasteiger partial charge is 0.285 e. The molecule has 0 heterocycles. The second-order valence-corrected chi connectivity index (χ2v) is 10.7. The molecule has 1 amide bonds. The second-order valence-electron chi connectivity index (χ2n) is 6.49. The zero-order chi connectivity index (χ0) is 19.7. The average molecular weight is 395 g/mol. The van der Waals surface area contributed by atoms with Gasteiger partial charge in [0.2, 0.25) is 0 Å². The SMILES string of the molecule is Cc1cc(C)c(S(=O)(=O)Nc2ccc(C(=O)N=S(C)(C)=O)cc2)c(C)c1. The van der Waals surface area contributed by atoms with E-state index in [9.17, 15) is 17.4 Å². The van der Waals surface area contributed by atoms with Gasteiger partial charge in [-0.1, -0.05) is 17.7 Å². The minimum Gasteiger partial charge on any atom is -0.280 e. The molecule has 0 aliphatic carbocycles. The van der Waals surface area contributed by atoms with Crippen molar-refractivity contribution in [1.82, 2.24) is 0 Å². The van der Waals surface area contributed by atoms with Crippen molar-refractivity contribution in [2.45, 2.75) is 25.7 Å². The van der Waals surface area contributed by atoms with Crippen molar-refractivity contribution >= 4 is 31.3 Å². The summed E-state index contributed by atoms with van der Waals surface area (Å²) < 4.78 is 43.2. The van der Waals surface area contributed by atoms with Crippen LogP contribution in [0.15, 0.2) is 45.7 Å². The van der Waals surface area contributed by atoms with Crippen molar-refractivity contribution in [2.75, 3.05) is 17.2 Å². The zero-order valence-electron chi connectivity index (χ0n) is 15.4. The number of carbonyl (C=O) groups excluding carboxylic acids is 1. The van der Waals surface area contributed by atoms with Gasteiger partial charge in [-0.15, -0.1) is 0 Å². The zero-order valence-corrected chi connectivity index (χ0v) is 17.0. The van der Waals surface area contributed by atoms with E-state index in [0.717, 1.165) is 5.56 Å². The van der Waals surface area contributed by atoms with E-state index in [2.05, 4.69) is 9.08 Å². The Morgan fingerprint density at radius 1 is 0.923 bits per heavy atom. The van der Waals surface area contributed by atoms with Crippen LogP contribution in [0.3, 0.4) is 0 Å². The van der Waals surface area contributed by atoms with Crippen LogP contribution in [-0.2, 0) is 19.8 Å². The third kappa shape index (κ3) is 4.92. The molecule has 0 aliphatic heterocycles. The molecule has 0 saturated heterocycles. The monoisotopic (exact) mass is 394 g/mol. The average Bonchev–Trinajstić information content (AvgIpc) is 2.43. The fourth-order valence-electron chi connectivity index (χ4n) is 2.73. The van der Waals surface area contributed by atoms with E-state index in [-0.39, 0.29) is 10.5 Å². The Morgan fingerprint density at radius 2 is 1.42 bits per heavy atom. The number of nitrogens with one attached hydrogen (secondary N) is 1. The minimum absolute atomic E-state index is 0.243. The van der Waals surface area contributed by atoms with E-state index in [1.165, 1.54) is 36.8 Å². The molecule has 0 atom stereocenters. The molecule has 2 aromatic carbocycles. The molecule has 26 heavy (non-hydrogen) atoms. The van der Waals surface area contributed by atoms with Crippen molar-refractivity contribution < 1.29 is 17.4 Å². The number of rotatable bonds is 4. The normalized spacial score (nSPS) is 11.9. The Hall–Kier alpha value is -2.19. The molecule has 2 rings (SSSR count). The van der Waals surface area contributed by atoms with E-state index in [4.69, 9.17) is 0 Å². The molecular formula is C18H22N2O4S2. The molecule has 0 aromatic heterocycles. The maximum atomic E-state index is 12.7. The van der Waals surface area contributed by atoms with Crippen molar-refractivity contribution in [2.24, 2.45) is 4.36 Å². The van der Waals surface area contributed by atoms with Gasteiger partial charge in [0, 0.05) is 33.5 Å². The Kier molecular flexibility index (Phi) is 5.58. The van der Waals surface area contributed by atoms with Crippen LogP contribution >= 0.6 is 0 Å². The maximum absolute atomic E-state index is 12.7. The van der Waals surface area contributed by atoms with E-state index < -0.39 is 25.7 Å². The van der Waals surface area contributed by atoms with Gasteiger partial charge >= 0.3 is 0 Å². The summed E-state index contributed by atoms with van der Waals surface area (Å²) in [5.74, 6) is -0.598. The number of amides is 1. The van der Waals surface area contributed by atoms with Gasteiger partial charge in [-0.2, -0.15) is 4.36 Å². The summed E-state index contributed by atoms with van der Waals surface area (Å²) in [6.45, 7) is 5.42. The number of nitrogens with zero attached hydrogens (tertiary/aromatic N) is 1. The number of benzene rings is 2. The fourth-order valence-corrected chi connectivity index (χ4v) is 4.75. The third-order valence-corrected chi connectivity index (χ3v) is 5.85. The van der Waals surface area contributed by atoms with Crippen molar-refractivity contribution in [3.63, 3.8) is 0 Å². The maximum Gasteiger partial charge on any atom is 0.285 e. The first-order chi connectivity index (χ1) is 11.9. The molecule has 0 spiro atoms. The third-order valence-electron chi connectivity index (χ3n) is 3.56. The number of carbonyl (C=O) groups is 1. The van der Waals surface area contributed by atoms with Crippen molar-refractivity contribution in [3.8, 4) is 0 Å². The molecular weight excluding hydrogens is 372 g/mol. The lowest BCUT2D eigenvalue weighted by Gasteiger charge is -2.14. The Bertz CT molecular complexity index is 1050. The number of hydrogen-bond donors (Lipinski definition) is 1. The lowest BCUT2D eigenvalue weighted by molar-refractivity contribution is 0.100. The summed E-state index contributed by atoms with van der Waals surface area (Å²) in [6.07, 6.45) is 2.75. The Labute approximate surface area is 154 Å². The highest BCUT2D eigenvalue weighted by Crippen LogP contribution is 2.24. The summed E-state index contributed by atoms with van der Waals surface area (Å²) in [5, 5.41) is 0. The van der Waals surface area contributed by atoms with Gasteiger partial charge in [0.25, 0.3) is 15.9 Å². The first-order valence-electron chi connectivity index (χ1n) is 7.81.